The minimum Gasteiger partial charge on any atom is -0.385 e. The Kier molecular flexibility index (Phi) is 7.32. The van der Waals surface area contributed by atoms with E-state index in [-0.39, 0.29) is 0 Å². The van der Waals surface area contributed by atoms with Crippen molar-refractivity contribution in [2.75, 3.05) is 32.3 Å². The molecule has 0 spiro atoms. The van der Waals surface area contributed by atoms with E-state index in [1.54, 1.807) is 7.11 Å². The number of methoxy groups -OCH3 is 1. The molecule has 0 amide bonds. The van der Waals surface area contributed by atoms with Crippen LogP contribution in [-0.2, 0) is 11.3 Å². The summed E-state index contributed by atoms with van der Waals surface area (Å²) in [5, 5.41) is 7.73. The molecule has 1 heterocycles. The van der Waals surface area contributed by atoms with Crippen LogP contribution in [-0.4, -0.2) is 42.1 Å². The Balaban J connectivity index is 2.57. The van der Waals surface area contributed by atoms with E-state index in [0.29, 0.717) is 6.04 Å². The third-order valence-corrected chi connectivity index (χ3v) is 3.64. The van der Waals surface area contributed by atoms with Crippen LogP contribution in [0.2, 0.25) is 0 Å². The highest BCUT2D eigenvalue weighted by atomic mass is 32.2. The Bertz CT molecular complexity index is 304. The molecule has 0 saturated carbocycles. The Morgan fingerprint density at radius 3 is 3.06 bits per heavy atom. The van der Waals surface area contributed by atoms with E-state index >= 15 is 0 Å². The molecular weight excluding hydrogens is 234 g/mol. The van der Waals surface area contributed by atoms with Gasteiger partial charge in [0, 0.05) is 32.2 Å². The topological polar surface area (TPSA) is 39.1 Å². The van der Waals surface area contributed by atoms with Crippen LogP contribution in [0.3, 0.4) is 0 Å². The minimum atomic E-state index is 0.380. The van der Waals surface area contributed by atoms with Crippen LogP contribution in [0, 0.1) is 0 Å². The Morgan fingerprint density at radius 1 is 1.59 bits per heavy atom. The summed E-state index contributed by atoms with van der Waals surface area (Å²) in [7, 11) is 3.74. The molecule has 1 aromatic heterocycles. The van der Waals surface area contributed by atoms with Gasteiger partial charge in [-0.15, -0.1) is 0 Å². The molecule has 98 valence electrons. The van der Waals surface area contributed by atoms with Gasteiger partial charge in [-0.2, -0.15) is 16.9 Å². The fourth-order valence-corrected chi connectivity index (χ4v) is 2.55. The van der Waals surface area contributed by atoms with Gasteiger partial charge in [0.1, 0.15) is 0 Å². The quantitative estimate of drug-likeness (QED) is 0.686. The Labute approximate surface area is 108 Å². The fourth-order valence-electron chi connectivity index (χ4n) is 1.74. The first-order valence-electron chi connectivity index (χ1n) is 6.09. The van der Waals surface area contributed by atoms with Crippen molar-refractivity contribution >= 4 is 11.8 Å². The predicted molar refractivity (Wildman–Crippen MR) is 73.5 cm³/mol. The van der Waals surface area contributed by atoms with E-state index in [1.807, 2.05) is 25.0 Å². The van der Waals surface area contributed by atoms with Crippen molar-refractivity contribution in [1.29, 1.82) is 0 Å². The van der Waals surface area contributed by atoms with Crippen LogP contribution in [0.25, 0.3) is 0 Å². The summed E-state index contributed by atoms with van der Waals surface area (Å²) in [6.45, 7) is 3.89. The lowest BCUT2D eigenvalue weighted by molar-refractivity contribution is 0.188. The largest absolute Gasteiger partial charge is 0.385 e. The lowest BCUT2D eigenvalue weighted by atomic mass is 10.2. The zero-order valence-electron chi connectivity index (χ0n) is 11.0. The molecule has 0 aliphatic carbocycles. The van der Waals surface area contributed by atoms with Gasteiger partial charge in [-0.05, 0) is 25.3 Å². The van der Waals surface area contributed by atoms with Gasteiger partial charge in [0.15, 0.2) is 0 Å². The van der Waals surface area contributed by atoms with Gasteiger partial charge >= 0.3 is 0 Å². The summed E-state index contributed by atoms with van der Waals surface area (Å²) in [5.41, 5.74) is 1.27. The highest BCUT2D eigenvalue weighted by Crippen LogP contribution is 2.17. The molecule has 1 atom stereocenters. The van der Waals surface area contributed by atoms with Gasteiger partial charge in [0.25, 0.3) is 0 Å². The zero-order chi connectivity index (χ0) is 12.5. The molecule has 0 aliphatic rings. The maximum atomic E-state index is 5.07. The average molecular weight is 257 g/mol. The van der Waals surface area contributed by atoms with Gasteiger partial charge in [0.05, 0.1) is 11.7 Å². The first-order chi connectivity index (χ1) is 8.33. The number of ether oxygens (including phenoxy) is 1. The summed E-state index contributed by atoms with van der Waals surface area (Å²) in [6.07, 6.45) is 2.88. The smallest absolute Gasteiger partial charge is 0.0581 e. The summed E-state index contributed by atoms with van der Waals surface area (Å²) < 4.78 is 7.15. The molecule has 0 aromatic carbocycles. The number of aryl methyl sites for hydroxylation is 1. The second-order valence-corrected chi connectivity index (χ2v) is 5.15. The SMILES string of the molecule is CCSCC(NC)c1ccnn1CCCOC. The molecule has 0 radical (unpaired) electrons. The van der Waals surface area contributed by atoms with E-state index in [0.717, 1.165) is 31.1 Å². The van der Waals surface area contributed by atoms with Gasteiger partial charge in [-0.3, -0.25) is 4.68 Å². The first-order valence-corrected chi connectivity index (χ1v) is 7.24. The third kappa shape index (κ3) is 4.69. The van der Waals surface area contributed by atoms with Crippen LogP contribution in [0.15, 0.2) is 12.3 Å². The number of rotatable bonds is 9. The molecule has 1 rings (SSSR count). The minimum absolute atomic E-state index is 0.380. The normalized spacial score (nSPS) is 12.9. The van der Waals surface area contributed by atoms with Crippen LogP contribution in [0.4, 0.5) is 0 Å². The summed E-state index contributed by atoms with van der Waals surface area (Å²) >= 11 is 1.95. The van der Waals surface area contributed by atoms with E-state index in [4.69, 9.17) is 4.74 Å². The van der Waals surface area contributed by atoms with Crippen LogP contribution in [0.5, 0.6) is 0 Å². The van der Waals surface area contributed by atoms with E-state index in [2.05, 4.69) is 28.1 Å². The maximum Gasteiger partial charge on any atom is 0.0581 e. The number of thioether (sulfide) groups is 1. The van der Waals surface area contributed by atoms with Crippen molar-refractivity contribution in [2.45, 2.75) is 25.9 Å². The van der Waals surface area contributed by atoms with Crippen molar-refractivity contribution in [3.63, 3.8) is 0 Å². The van der Waals surface area contributed by atoms with E-state index in [9.17, 15) is 0 Å². The molecule has 0 aliphatic heterocycles. The number of aromatic nitrogens is 2. The standard InChI is InChI=1S/C12H23N3OS/c1-4-17-10-11(13-2)12-6-7-14-15(12)8-5-9-16-3/h6-7,11,13H,4-5,8-10H2,1-3H3. The second-order valence-electron chi connectivity index (χ2n) is 3.83. The van der Waals surface area contributed by atoms with Crippen molar-refractivity contribution in [2.24, 2.45) is 0 Å². The van der Waals surface area contributed by atoms with Gasteiger partial charge in [-0.25, -0.2) is 0 Å². The molecule has 5 heteroatoms. The molecule has 0 fully saturated rings. The van der Waals surface area contributed by atoms with E-state index in [1.165, 1.54) is 5.69 Å². The van der Waals surface area contributed by atoms with Gasteiger partial charge in [-0.1, -0.05) is 6.92 Å². The summed E-state index contributed by atoms with van der Waals surface area (Å²) in [5.74, 6) is 2.24. The van der Waals surface area contributed by atoms with Crippen LogP contribution < -0.4 is 5.32 Å². The molecule has 1 N–H and O–H groups in total. The second kappa shape index (κ2) is 8.55. The van der Waals surface area contributed by atoms with E-state index < -0.39 is 0 Å². The summed E-state index contributed by atoms with van der Waals surface area (Å²) in [4.78, 5) is 0. The van der Waals surface area contributed by atoms with Gasteiger partial charge in [0.2, 0.25) is 0 Å². The highest BCUT2D eigenvalue weighted by Gasteiger charge is 2.13. The number of hydrogen-bond donors (Lipinski definition) is 1. The Hall–Kier alpha value is -0.520. The molecule has 1 aromatic rings. The molecule has 4 nitrogen and oxygen atoms in total. The van der Waals surface area contributed by atoms with Crippen LogP contribution in [0.1, 0.15) is 25.1 Å². The number of nitrogens with zero attached hydrogens (tertiary/aromatic N) is 2. The van der Waals surface area contributed by atoms with Crippen molar-refractivity contribution < 1.29 is 4.74 Å². The van der Waals surface area contributed by atoms with Crippen molar-refractivity contribution in [3.8, 4) is 0 Å². The van der Waals surface area contributed by atoms with Crippen molar-refractivity contribution in [1.82, 2.24) is 15.1 Å². The van der Waals surface area contributed by atoms with Crippen LogP contribution >= 0.6 is 11.8 Å². The fraction of sp³-hybridized carbons (Fsp3) is 0.750. The Morgan fingerprint density at radius 2 is 2.41 bits per heavy atom. The zero-order valence-corrected chi connectivity index (χ0v) is 11.8. The molecule has 17 heavy (non-hydrogen) atoms. The monoisotopic (exact) mass is 257 g/mol. The summed E-state index contributed by atoms with van der Waals surface area (Å²) in [6, 6.07) is 2.48. The third-order valence-electron chi connectivity index (χ3n) is 2.66. The van der Waals surface area contributed by atoms with Crippen molar-refractivity contribution in [3.05, 3.63) is 18.0 Å². The molecule has 1 unspecified atom stereocenters. The number of hydrogen-bond acceptors (Lipinski definition) is 4. The average Bonchev–Trinajstić information content (AvgIpc) is 2.79. The highest BCUT2D eigenvalue weighted by molar-refractivity contribution is 7.99. The molecule has 0 bridgehead atoms. The lowest BCUT2D eigenvalue weighted by Crippen LogP contribution is -2.23. The number of nitrogens with one attached hydrogen (secondary N) is 1. The maximum absolute atomic E-state index is 5.07. The predicted octanol–water partition coefficient (Wildman–Crippen LogP) is 1.93. The lowest BCUT2D eigenvalue weighted by Gasteiger charge is -2.17. The molecular formula is C12H23N3OS. The van der Waals surface area contributed by atoms with Gasteiger partial charge < -0.3 is 10.1 Å². The molecule has 0 saturated heterocycles. The first kappa shape index (κ1) is 14.5.